The second-order valence-electron chi connectivity index (χ2n) is 7.34. The molecule has 3 rings (SSSR count). The van der Waals surface area contributed by atoms with E-state index in [1.807, 2.05) is 19.1 Å². The number of halogens is 1. The van der Waals surface area contributed by atoms with Crippen molar-refractivity contribution in [3.05, 3.63) is 28.8 Å². The third-order valence-corrected chi connectivity index (χ3v) is 5.98. The number of carbonyl (C=O) groups excluding carboxylic acids is 2. The van der Waals surface area contributed by atoms with Gasteiger partial charge in [0, 0.05) is 13.1 Å². The first-order valence-corrected chi connectivity index (χ1v) is 9.67. The molecule has 0 unspecified atom stereocenters. The van der Waals surface area contributed by atoms with Crippen LogP contribution in [0.4, 0.5) is 10.5 Å². The molecule has 0 aromatic heterocycles. The monoisotopic (exact) mass is 378 g/mol. The molecule has 2 saturated heterocycles. The van der Waals surface area contributed by atoms with Crippen molar-refractivity contribution in [3.63, 3.8) is 0 Å². The van der Waals surface area contributed by atoms with E-state index in [1.165, 1.54) is 6.42 Å². The minimum Gasteiger partial charge on any atom is -0.368 e. The van der Waals surface area contributed by atoms with Crippen LogP contribution in [0.2, 0.25) is 5.02 Å². The molecule has 0 aliphatic carbocycles. The van der Waals surface area contributed by atoms with E-state index in [0.29, 0.717) is 36.6 Å². The van der Waals surface area contributed by atoms with Crippen molar-refractivity contribution in [2.24, 2.45) is 5.73 Å². The van der Waals surface area contributed by atoms with Gasteiger partial charge in [0.1, 0.15) is 5.54 Å². The minimum absolute atomic E-state index is 0.188. The molecule has 0 spiro atoms. The summed E-state index contributed by atoms with van der Waals surface area (Å²) >= 11 is 6.20. The van der Waals surface area contributed by atoms with Crippen LogP contribution in [0, 0.1) is 6.92 Å². The van der Waals surface area contributed by atoms with Gasteiger partial charge in [-0.1, -0.05) is 24.1 Å². The molecular weight excluding hydrogens is 352 g/mol. The Labute approximate surface area is 159 Å². The van der Waals surface area contributed by atoms with E-state index in [9.17, 15) is 9.59 Å². The number of hydrogen-bond donors (Lipinski definition) is 2. The second kappa shape index (κ2) is 7.84. The molecule has 6 nitrogen and oxygen atoms in total. The summed E-state index contributed by atoms with van der Waals surface area (Å²) in [5.74, 6) is -0.263. The number of anilines is 1. The molecule has 2 fully saturated rings. The Kier molecular flexibility index (Phi) is 5.73. The highest BCUT2D eigenvalue weighted by molar-refractivity contribution is 6.33. The predicted octanol–water partition coefficient (Wildman–Crippen LogP) is 2.99. The quantitative estimate of drug-likeness (QED) is 0.848. The molecule has 3 N–H and O–H groups in total. The Hall–Kier alpha value is -1.79. The summed E-state index contributed by atoms with van der Waals surface area (Å²) in [4.78, 5) is 28.8. The van der Waals surface area contributed by atoms with Crippen LogP contribution in [0.15, 0.2) is 18.2 Å². The maximum absolute atomic E-state index is 12.6. The highest BCUT2D eigenvalue weighted by Gasteiger charge is 2.45. The van der Waals surface area contributed by atoms with Crippen LogP contribution in [0.25, 0.3) is 0 Å². The van der Waals surface area contributed by atoms with Gasteiger partial charge in [0.2, 0.25) is 5.91 Å². The molecule has 1 aromatic carbocycles. The molecule has 0 saturated carbocycles. The summed E-state index contributed by atoms with van der Waals surface area (Å²) in [6.07, 6.45) is 4.57. The average molecular weight is 379 g/mol. The lowest BCUT2D eigenvalue weighted by Gasteiger charge is -2.48. The first-order chi connectivity index (χ1) is 12.4. The van der Waals surface area contributed by atoms with E-state index in [4.69, 9.17) is 17.3 Å². The highest BCUT2D eigenvalue weighted by atomic mass is 35.5. The molecule has 0 atom stereocenters. The number of benzene rings is 1. The van der Waals surface area contributed by atoms with Crippen molar-refractivity contribution >= 4 is 29.2 Å². The number of nitrogens with two attached hydrogens (primary N) is 1. The third-order valence-electron chi connectivity index (χ3n) is 5.66. The van der Waals surface area contributed by atoms with E-state index in [1.54, 1.807) is 11.0 Å². The molecule has 7 heteroatoms. The fraction of sp³-hybridized carbons (Fsp3) is 0.579. The highest BCUT2D eigenvalue weighted by Crippen LogP contribution is 2.32. The summed E-state index contributed by atoms with van der Waals surface area (Å²) in [5.41, 5.74) is 6.83. The predicted molar refractivity (Wildman–Crippen MR) is 103 cm³/mol. The maximum Gasteiger partial charge on any atom is 0.321 e. The number of urea groups is 1. The van der Waals surface area contributed by atoms with Crippen molar-refractivity contribution in [1.29, 1.82) is 0 Å². The molecule has 3 amide bonds. The van der Waals surface area contributed by atoms with Gasteiger partial charge in [-0.05, 0) is 63.4 Å². The number of nitrogens with zero attached hydrogens (tertiary/aromatic N) is 2. The molecule has 2 aliphatic rings. The number of carbonyl (C=O) groups is 2. The van der Waals surface area contributed by atoms with Crippen LogP contribution < -0.4 is 11.1 Å². The van der Waals surface area contributed by atoms with E-state index in [0.717, 1.165) is 31.5 Å². The largest absolute Gasteiger partial charge is 0.368 e. The van der Waals surface area contributed by atoms with Crippen LogP contribution in [0.5, 0.6) is 0 Å². The summed E-state index contributed by atoms with van der Waals surface area (Å²) in [5, 5.41) is 3.39. The van der Waals surface area contributed by atoms with Crippen LogP contribution in [0.1, 0.15) is 37.7 Å². The summed E-state index contributed by atoms with van der Waals surface area (Å²) < 4.78 is 0. The van der Waals surface area contributed by atoms with Crippen LogP contribution >= 0.6 is 11.6 Å². The number of hydrogen-bond acceptors (Lipinski definition) is 3. The van der Waals surface area contributed by atoms with Crippen LogP contribution in [-0.4, -0.2) is 53.5 Å². The van der Waals surface area contributed by atoms with Gasteiger partial charge in [-0.15, -0.1) is 0 Å². The zero-order chi connectivity index (χ0) is 18.7. The van der Waals surface area contributed by atoms with Gasteiger partial charge in [-0.3, -0.25) is 9.69 Å². The van der Waals surface area contributed by atoms with Crippen molar-refractivity contribution in [3.8, 4) is 0 Å². The topological polar surface area (TPSA) is 78.7 Å². The molecule has 2 aliphatic heterocycles. The van der Waals surface area contributed by atoms with Gasteiger partial charge < -0.3 is 16.0 Å². The lowest BCUT2D eigenvalue weighted by molar-refractivity contribution is -0.134. The fourth-order valence-corrected chi connectivity index (χ4v) is 4.32. The average Bonchev–Trinajstić information content (AvgIpc) is 2.64. The molecule has 0 bridgehead atoms. The number of rotatable bonds is 3. The van der Waals surface area contributed by atoms with Gasteiger partial charge in [0.15, 0.2) is 0 Å². The third kappa shape index (κ3) is 3.81. The smallest absolute Gasteiger partial charge is 0.321 e. The Morgan fingerprint density at radius 2 is 1.77 bits per heavy atom. The Morgan fingerprint density at radius 1 is 1.12 bits per heavy atom. The second-order valence-corrected chi connectivity index (χ2v) is 7.75. The fourth-order valence-electron chi connectivity index (χ4n) is 4.04. The summed E-state index contributed by atoms with van der Waals surface area (Å²) in [6.45, 7) is 4.79. The number of piperidine rings is 2. The molecule has 1 aromatic rings. The van der Waals surface area contributed by atoms with Gasteiger partial charge in [0.05, 0.1) is 10.7 Å². The van der Waals surface area contributed by atoms with Crippen molar-refractivity contribution in [1.82, 2.24) is 9.80 Å². The van der Waals surface area contributed by atoms with Crippen molar-refractivity contribution in [2.45, 2.75) is 44.6 Å². The van der Waals surface area contributed by atoms with Crippen molar-refractivity contribution in [2.75, 3.05) is 31.5 Å². The molecule has 26 heavy (non-hydrogen) atoms. The van der Waals surface area contributed by atoms with E-state index < -0.39 is 5.54 Å². The lowest BCUT2D eigenvalue weighted by Crippen LogP contribution is -2.64. The normalized spacial score (nSPS) is 20.6. The first-order valence-electron chi connectivity index (χ1n) is 9.29. The summed E-state index contributed by atoms with van der Waals surface area (Å²) in [7, 11) is 0. The zero-order valence-electron chi connectivity index (χ0n) is 15.3. The molecular formula is C19H27ClN4O2. The molecule has 0 radical (unpaired) electrons. The number of aryl methyl sites for hydroxylation is 1. The Bertz CT molecular complexity index is 680. The van der Waals surface area contributed by atoms with Crippen LogP contribution in [-0.2, 0) is 4.79 Å². The van der Waals surface area contributed by atoms with Gasteiger partial charge in [-0.2, -0.15) is 0 Å². The van der Waals surface area contributed by atoms with Crippen LogP contribution in [0.3, 0.4) is 0 Å². The van der Waals surface area contributed by atoms with Crippen molar-refractivity contribution < 1.29 is 9.59 Å². The standard InChI is InChI=1S/C19H27ClN4O2/c1-14-5-6-16(15(20)13-14)22-18(26)23-11-7-19(8-12-23,17(21)25)24-9-3-2-4-10-24/h5-6,13H,2-4,7-12H2,1H3,(H2,21,25)(H,22,26). The summed E-state index contributed by atoms with van der Waals surface area (Å²) in [6, 6.07) is 5.35. The number of amides is 3. The Balaban J connectivity index is 1.64. The number of likely N-dealkylation sites (tertiary alicyclic amines) is 2. The first kappa shape index (κ1) is 19.0. The number of nitrogens with one attached hydrogen (secondary N) is 1. The molecule has 142 valence electrons. The van der Waals surface area contributed by atoms with Gasteiger partial charge >= 0.3 is 6.03 Å². The van der Waals surface area contributed by atoms with E-state index in [2.05, 4.69) is 10.2 Å². The lowest BCUT2D eigenvalue weighted by atomic mass is 9.83. The SMILES string of the molecule is Cc1ccc(NC(=O)N2CCC(C(N)=O)(N3CCCCC3)CC2)c(Cl)c1. The van der Waals surface area contributed by atoms with E-state index >= 15 is 0 Å². The maximum atomic E-state index is 12.6. The van der Waals surface area contributed by atoms with Gasteiger partial charge in [0.25, 0.3) is 0 Å². The van der Waals surface area contributed by atoms with E-state index in [-0.39, 0.29) is 11.9 Å². The number of primary amides is 1. The Morgan fingerprint density at radius 3 is 2.35 bits per heavy atom. The zero-order valence-corrected chi connectivity index (χ0v) is 16.0. The van der Waals surface area contributed by atoms with Gasteiger partial charge in [-0.25, -0.2) is 4.79 Å². The molecule has 2 heterocycles. The minimum atomic E-state index is -0.612.